The molecule has 1 aliphatic heterocycles. The van der Waals surface area contributed by atoms with Gasteiger partial charge in [0, 0.05) is 25.8 Å². The van der Waals surface area contributed by atoms with Gasteiger partial charge in [-0.3, -0.25) is 4.79 Å². The van der Waals surface area contributed by atoms with E-state index in [1.807, 2.05) is 109 Å². The van der Waals surface area contributed by atoms with Crippen LogP contribution < -0.4 is 14.8 Å². The number of unbranched alkanes of at least 4 members (excludes halogenated alkanes) is 7. The summed E-state index contributed by atoms with van der Waals surface area (Å²) in [6, 6.07) is 39.4. The first-order valence-electron chi connectivity index (χ1n) is 19.5. The third-order valence-electron chi connectivity index (χ3n) is 9.65. The van der Waals surface area contributed by atoms with Crippen LogP contribution >= 0.6 is 54.5 Å². The second-order valence-electron chi connectivity index (χ2n) is 13.9. The molecule has 6 aromatic carbocycles. The van der Waals surface area contributed by atoms with Crippen LogP contribution in [0.25, 0.3) is 22.4 Å². The predicted octanol–water partition coefficient (Wildman–Crippen LogP) is 15.9. The summed E-state index contributed by atoms with van der Waals surface area (Å²) in [5.74, 6) is 1.43. The fourth-order valence-electron chi connectivity index (χ4n) is 6.65. The minimum Gasteiger partial charge on any atom is -0.491 e. The highest BCUT2D eigenvalue weighted by Gasteiger charge is 2.24. The third-order valence-corrected chi connectivity index (χ3v) is 11.5. The van der Waals surface area contributed by atoms with Crippen molar-refractivity contribution in [3.05, 3.63) is 145 Å². The fourth-order valence-corrected chi connectivity index (χ4v) is 8.59. The first-order chi connectivity index (χ1) is 28.4. The SMILES string of the molecule is O=C1Nc2ccc(I)cc2/C1=C/c1cc(Br)c(OCCCCCCCCCCOc2ccc3ccccc3c2N=Nc2ccc(N=Nc3ccccc3)cc2)c(Br)c1. The number of ether oxygens (including phenoxy) is 2. The Balaban J connectivity index is 0.807. The monoisotopic (exact) mass is 1010 g/mol. The third kappa shape index (κ3) is 11.3. The lowest BCUT2D eigenvalue weighted by atomic mass is 10.0. The number of carbonyl (C=O) groups is 1. The summed E-state index contributed by atoms with van der Waals surface area (Å²) < 4.78 is 15.2. The molecule has 1 aliphatic rings. The van der Waals surface area contributed by atoms with Gasteiger partial charge in [0.1, 0.15) is 17.2 Å². The van der Waals surface area contributed by atoms with Gasteiger partial charge in [0.2, 0.25) is 0 Å². The highest BCUT2D eigenvalue weighted by molar-refractivity contribution is 14.1. The van der Waals surface area contributed by atoms with E-state index in [9.17, 15) is 4.79 Å². The molecule has 0 atom stereocenters. The lowest BCUT2D eigenvalue weighted by Gasteiger charge is -2.12. The van der Waals surface area contributed by atoms with Crippen molar-refractivity contribution in [1.29, 1.82) is 0 Å². The van der Waals surface area contributed by atoms with Crippen molar-refractivity contribution in [2.75, 3.05) is 18.5 Å². The Kier molecular flexibility index (Phi) is 14.9. The van der Waals surface area contributed by atoms with E-state index >= 15 is 0 Å². The molecule has 7 rings (SSSR count). The summed E-state index contributed by atoms with van der Waals surface area (Å²) in [4.78, 5) is 12.7. The molecule has 1 heterocycles. The first kappa shape index (κ1) is 41.4. The number of amides is 1. The molecule has 0 aromatic heterocycles. The molecule has 58 heavy (non-hydrogen) atoms. The Hall–Kier alpha value is -4.72. The number of hydrogen-bond donors (Lipinski definition) is 1. The van der Waals surface area contributed by atoms with Gasteiger partial charge in [0.05, 0.1) is 39.2 Å². The molecule has 1 amide bonds. The Bertz CT molecular complexity index is 2430. The molecule has 0 radical (unpaired) electrons. The average molecular weight is 1010 g/mol. The van der Waals surface area contributed by atoms with Gasteiger partial charge >= 0.3 is 0 Å². The van der Waals surface area contributed by atoms with Crippen molar-refractivity contribution in [3.63, 3.8) is 0 Å². The Morgan fingerprint density at radius 2 is 1.19 bits per heavy atom. The number of hydrogen-bond acceptors (Lipinski definition) is 7. The van der Waals surface area contributed by atoms with Crippen molar-refractivity contribution < 1.29 is 14.3 Å². The lowest BCUT2D eigenvalue weighted by molar-refractivity contribution is -0.110. The molecule has 0 bridgehead atoms. The van der Waals surface area contributed by atoms with Crippen LogP contribution in [0.5, 0.6) is 11.5 Å². The summed E-state index contributed by atoms with van der Waals surface area (Å²) in [6.07, 6.45) is 10.9. The summed E-state index contributed by atoms with van der Waals surface area (Å²) in [7, 11) is 0. The average Bonchev–Trinajstić information content (AvgIpc) is 3.54. The molecule has 0 aliphatic carbocycles. The van der Waals surface area contributed by atoms with Gasteiger partial charge in [-0.2, -0.15) is 15.3 Å². The number of halogens is 3. The number of nitrogens with zero attached hydrogens (tertiary/aromatic N) is 4. The topological polar surface area (TPSA) is 97.0 Å². The van der Waals surface area contributed by atoms with E-state index in [0.717, 1.165) is 100 Å². The van der Waals surface area contributed by atoms with Crippen LogP contribution in [0.1, 0.15) is 62.5 Å². The number of rotatable bonds is 18. The van der Waals surface area contributed by atoms with Crippen LogP contribution in [0.3, 0.4) is 0 Å². The number of fused-ring (bicyclic) bond motifs is 2. The Labute approximate surface area is 369 Å². The van der Waals surface area contributed by atoms with E-state index in [-0.39, 0.29) is 5.91 Å². The maximum absolute atomic E-state index is 12.7. The van der Waals surface area contributed by atoms with Gasteiger partial charge in [-0.1, -0.05) is 87.1 Å². The largest absolute Gasteiger partial charge is 0.491 e. The molecule has 0 spiro atoms. The minimum absolute atomic E-state index is 0.0897. The summed E-state index contributed by atoms with van der Waals surface area (Å²) in [5, 5.41) is 22.9. The first-order valence-corrected chi connectivity index (χ1v) is 22.2. The van der Waals surface area contributed by atoms with E-state index in [0.29, 0.717) is 18.8 Å². The molecule has 8 nitrogen and oxygen atoms in total. The van der Waals surface area contributed by atoms with Gasteiger partial charge in [0.15, 0.2) is 0 Å². The van der Waals surface area contributed by atoms with Crippen LogP contribution in [0, 0.1) is 3.57 Å². The fraction of sp³-hybridized carbons (Fsp3) is 0.213. The second kappa shape index (κ2) is 20.8. The number of nitrogens with one attached hydrogen (secondary N) is 1. The van der Waals surface area contributed by atoms with Crippen LogP contribution in [0.2, 0.25) is 0 Å². The van der Waals surface area contributed by atoms with Gasteiger partial charge in [-0.05, 0) is 157 Å². The quantitative estimate of drug-likeness (QED) is 0.0402. The van der Waals surface area contributed by atoms with Crippen molar-refractivity contribution in [3.8, 4) is 11.5 Å². The molecule has 0 saturated heterocycles. The Morgan fingerprint density at radius 1 is 0.603 bits per heavy atom. The standard InChI is InChI=1S/C47H42Br2IN5O3/c48-41-29-32(28-40-39-31-34(50)19-24-43(39)51-47(40)56)30-42(49)46(41)58-27-13-6-4-2-1-3-5-12-26-57-44-25-18-33-14-10-11-17-38(33)45(44)55-54-37-22-20-36(21-23-37)53-52-35-15-8-7-9-16-35/h7-11,14-25,28-31H,1-6,12-13,26-27H2,(H,51,56)/b40-28-,53-52?,55-54?. The molecule has 294 valence electrons. The molecule has 0 fully saturated rings. The van der Waals surface area contributed by atoms with E-state index in [4.69, 9.17) is 9.47 Å². The van der Waals surface area contributed by atoms with E-state index in [1.54, 1.807) is 0 Å². The number of benzene rings is 6. The molecule has 0 unspecified atom stereocenters. The van der Waals surface area contributed by atoms with Gasteiger partial charge in [-0.25, -0.2) is 0 Å². The molecular weight excluding hydrogens is 969 g/mol. The minimum atomic E-state index is -0.0897. The highest BCUT2D eigenvalue weighted by Crippen LogP contribution is 2.40. The van der Waals surface area contributed by atoms with Gasteiger partial charge in [-0.15, -0.1) is 5.11 Å². The van der Waals surface area contributed by atoms with Crippen LogP contribution in [-0.4, -0.2) is 19.1 Å². The molecule has 1 N–H and O–H groups in total. The summed E-state index contributed by atoms with van der Waals surface area (Å²) in [6.45, 7) is 1.28. The van der Waals surface area contributed by atoms with Crippen LogP contribution in [0.15, 0.2) is 151 Å². The van der Waals surface area contributed by atoms with Crippen LogP contribution in [0.4, 0.5) is 28.4 Å². The van der Waals surface area contributed by atoms with Crippen LogP contribution in [-0.2, 0) is 4.79 Å². The number of carbonyl (C=O) groups excluding carboxylic acids is 1. The number of azo groups is 2. The van der Waals surface area contributed by atoms with Crippen molar-refractivity contribution in [2.24, 2.45) is 20.5 Å². The maximum Gasteiger partial charge on any atom is 0.256 e. The van der Waals surface area contributed by atoms with Crippen molar-refractivity contribution in [1.82, 2.24) is 0 Å². The molecule has 6 aromatic rings. The molecule has 11 heteroatoms. The predicted molar refractivity (Wildman–Crippen MR) is 251 cm³/mol. The van der Waals surface area contributed by atoms with E-state index < -0.39 is 0 Å². The van der Waals surface area contributed by atoms with Gasteiger partial charge in [0.25, 0.3) is 5.91 Å². The summed E-state index contributed by atoms with van der Waals surface area (Å²) >= 11 is 9.63. The lowest BCUT2D eigenvalue weighted by Crippen LogP contribution is -2.03. The Morgan fingerprint density at radius 3 is 1.88 bits per heavy atom. The smallest absolute Gasteiger partial charge is 0.256 e. The normalized spacial score (nSPS) is 13.2. The zero-order valence-electron chi connectivity index (χ0n) is 31.8. The number of anilines is 1. The molecular formula is C47H42Br2IN5O3. The van der Waals surface area contributed by atoms with E-state index in [1.165, 1.54) is 25.7 Å². The zero-order chi connectivity index (χ0) is 40.1. The zero-order valence-corrected chi connectivity index (χ0v) is 37.2. The van der Waals surface area contributed by atoms with Gasteiger partial charge < -0.3 is 14.8 Å². The van der Waals surface area contributed by atoms with E-state index in [2.05, 4.69) is 98.4 Å². The second-order valence-corrected chi connectivity index (χ2v) is 16.9. The molecule has 0 saturated carbocycles. The van der Waals surface area contributed by atoms with Crippen molar-refractivity contribution >= 4 is 111 Å². The summed E-state index contributed by atoms with van der Waals surface area (Å²) in [5.41, 5.74) is 6.36. The van der Waals surface area contributed by atoms with Crippen molar-refractivity contribution in [2.45, 2.75) is 51.4 Å². The maximum atomic E-state index is 12.7. The highest BCUT2D eigenvalue weighted by atomic mass is 127.